The number of ether oxygens (including phenoxy) is 1. The van der Waals surface area contributed by atoms with Crippen LogP contribution < -0.4 is 0 Å². The van der Waals surface area contributed by atoms with Gasteiger partial charge in [-0.2, -0.15) is 0 Å². The van der Waals surface area contributed by atoms with Crippen molar-refractivity contribution in [1.29, 1.82) is 0 Å². The second kappa shape index (κ2) is 6.48. The van der Waals surface area contributed by atoms with Crippen molar-refractivity contribution in [2.75, 3.05) is 0 Å². The molecule has 3 rings (SSSR count). The predicted molar refractivity (Wildman–Crippen MR) is 82.8 cm³/mol. The number of esters is 1. The molecule has 0 amide bonds. The summed E-state index contributed by atoms with van der Waals surface area (Å²) in [6.45, 7) is 4.00. The zero-order valence-electron chi connectivity index (χ0n) is 13.0. The number of carbonyl (C=O) groups is 1. The van der Waals surface area contributed by atoms with E-state index in [1.165, 1.54) is 0 Å². The standard InChI is InChI=1S/C17H17N3O3/c1-12(16-19-18-13(2)23-16)22-17(21)15-9-6-10-20(15)11-14-7-4-3-5-8-14/h3-10,12H,11H2,1-2H3/t12-/m1/s1. The van der Waals surface area contributed by atoms with E-state index in [1.807, 2.05) is 47.2 Å². The van der Waals surface area contributed by atoms with E-state index in [4.69, 9.17) is 9.15 Å². The minimum atomic E-state index is -0.594. The highest BCUT2D eigenvalue weighted by atomic mass is 16.6. The van der Waals surface area contributed by atoms with Gasteiger partial charge in [-0.1, -0.05) is 30.3 Å². The second-order valence-corrected chi connectivity index (χ2v) is 5.21. The average Bonchev–Trinajstić information content (AvgIpc) is 3.17. The Morgan fingerprint density at radius 3 is 2.70 bits per heavy atom. The van der Waals surface area contributed by atoms with Crippen molar-refractivity contribution < 1.29 is 13.9 Å². The summed E-state index contributed by atoms with van der Waals surface area (Å²) in [5.74, 6) is 0.307. The highest BCUT2D eigenvalue weighted by Crippen LogP contribution is 2.18. The van der Waals surface area contributed by atoms with Crippen molar-refractivity contribution in [3.63, 3.8) is 0 Å². The van der Waals surface area contributed by atoms with Crippen LogP contribution in [0.15, 0.2) is 53.1 Å². The maximum atomic E-state index is 12.4. The van der Waals surface area contributed by atoms with Crippen molar-refractivity contribution in [3.8, 4) is 0 Å². The number of benzene rings is 1. The van der Waals surface area contributed by atoms with E-state index in [0.29, 0.717) is 18.1 Å². The molecule has 2 aromatic heterocycles. The molecule has 0 bridgehead atoms. The number of aromatic nitrogens is 3. The molecular formula is C17H17N3O3. The normalized spacial score (nSPS) is 12.1. The van der Waals surface area contributed by atoms with Crippen molar-refractivity contribution in [3.05, 3.63) is 71.7 Å². The first-order valence-corrected chi connectivity index (χ1v) is 7.33. The zero-order chi connectivity index (χ0) is 16.2. The van der Waals surface area contributed by atoms with Gasteiger partial charge in [0.15, 0.2) is 6.10 Å². The van der Waals surface area contributed by atoms with Gasteiger partial charge in [0, 0.05) is 19.7 Å². The lowest BCUT2D eigenvalue weighted by molar-refractivity contribution is 0.0265. The first-order valence-electron chi connectivity index (χ1n) is 7.33. The lowest BCUT2D eigenvalue weighted by Crippen LogP contribution is -2.14. The second-order valence-electron chi connectivity index (χ2n) is 5.21. The van der Waals surface area contributed by atoms with Gasteiger partial charge in [0.1, 0.15) is 5.69 Å². The third kappa shape index (κ3) is 3.48. The molecule has 0 unspecified atom stereocenters. The molecule has 3 aromatic rings. The van der Waals surface area contributed by atoms with Gasteiger partial charge >= 0.3 is 5.97 Å². The third-order valence-corrected chi connectivity index (χ3v) is 3.41. The van der Waals surface area contributed by atoms with E-state index < -0.39 is 12.1 Å². The van der Waals surface area contributed by atoms with Gasteiger partial charge in [-0.25, -0.2) is 4.79 Å². The smallest absolute Gasteiger partial charge is 0.355 e. The third-order valence-electron chi connectivity index (χ3n) is 3.41. The van der Waals surface area contributed by atoms with E-state index in [2.05, 4.69) is 10.2 Å². The van der Waals surface area contributed by atoms with Crippen molar-refractivity contribution in [2.45, 2.75) is 26.5 Å². The molecule has 1 aromatic carbocycles. The highest BCUT2D eigenvalue weighted by Gasteiger charge is 2.20. The van der Waals surface area contributed by atoms with E-state index in [-0.39, 0.29) is 5.89 Å². The summed E-state index contributed by atoms with van der Waals surface area (Å²) in [6, 6.07) is 13.5. The average molecular weight is 311 g/mol. The van der Waals surface area contributed by atoms with Crippen LogP contribution in [0, 0.1) is 6.92 Å². The molecule has 23 heavy (non-hydrogen) atoms. The summed E-state index contributed by atoms with van der Waals surface area (Å²) < 4.78 is 12.6. The topological polar surface area (TPSA) is 70.2 Å². The van der Waals surface area contributed by atoms with Crippen molar-refractivity contribution >= 4 is 5.97 Å². The summed E-state index contributed by atoms with van der Waals surface area (Å²) in [5, 5.41) is 7.61. The van der Waals surface area contributed by atoms with Gasteiger partial charge in [0.2, 0.25) is 5.89 Å². The van der Waals surface area contributed by atoms with E-state index in [1.54, 1.807) is 19.9 Å². The largest absolute Gasteiger partial charge is 0.448 e. The molecule has 0 spiro atoms. The highest BCUT2D eigenvalue weighted by molar-refractivity contribution is 5.87. The molecule has 0 fully saturated rings. The van der Waals surface area contributed by atoms with Gasteiger partial charge in [-0.15, -0.1) is 10.2 Å². The van der Waals surface area contributed by atoms with Crippen LogP contribution >= 0.6 is 0 Å². The summed E-state index contributed by atoms with van der Waals surface area (Å²) in [7, 11) is 0. The summed E-state index contributed by atoms with van der Waals surface area (Å²) in [5.41, 5.74) is 1.59. The minimum Gasteiger partial charge on any atom is -0.448 e. The Hall–Kier alpha value is -2.89. The van der Waals surface area contributed by atoms with Crippen molar-refractivity contribution in [1.82, 2.24) is 14.8 Å². The molecule has 2 heterocycles. The van der Waals surface area contributed by atoms with E-state index >= 15 is 0 Å². The quantitative estimate of drug-likeness (QED) is 0.677. The Bertz CT molecular complexity index is 792. The predicted octanol–water partition coefficient (Wildman–Crippen LogP) is 3.15. The fourth-order valence-corrected chi connectivity index (χ4v) is 2.26. The fraction of sp³-hybridized carbons (Fsp3) is 0.235. The molecule has 6 nitrogen and oxygen atoms in total. The van der Waals surface area contributed by atoms with E-state index in [9.17, 15) is 4.79 Å². The van der Waals surface area contributed by atoms with Crippen LogP contribution in [0.4, 0.5) is 0 Å². The van der Waals surface area contributed by atoms with Gasteiger partial charge in [0.25, 0.3) is 5.89 Å². The van der Waals surface area contributed by atoms with E-state index in [0.717, 1.165) is 5.56 Å². The Morgan fingerprint density at radius 1 is 1.22 bits per heavy atom. The molecule has 0 N–H and O–H groups in total. The molecule has 6 heteroatoms. The lowest BCUT2D eigenvalue weighted by atomic mass is 10.2. The number of aryl methyl sites for hydroxylation is 1. The molecule has 0 aliphatic carbocycles. The van der Waals surface area contributed by atoms with Gasteiger partial charge in [-0.05, 0) is 24.6 Å². The monoisotopic (exact) mass is 311 g/mol. The van der Waals surface area contributed by atoms with Crippen LogP contribution in [0.25, 0.3) is 0 Å². The SMILES string of the molecule is Cc1nnc([C@@H](C)OC(=O)c2cccn2Cc2ccccc2)o1. The van der Waals surface area contributed by atoms with Crippen molar-refractivity contribution in [2.24, 2.45) is 0 Å². The van der Waals surface area contributed by atoms with Crippen LogP contribution in [0.2, 0.25) is 0 Å². The summed E-state index contributed by atoms with van der Waals surface area (Å²) in [4.78, 5) is 12.4. The summed E-state index contributed by atoms with van der Waals surface area (Å²) >= 11 is 0. The van der Waals surface area contributed by atoms with Crippen LogP contribution in [0.5, 0.6) is 0 Å². The molecule has 0 radical (unpaired) electrons. The van der Waals surface area contributed by atoms with Crippen LogP contribution in [0.1, 0.15) is 40.9 Å². The number of carbonyl (C=O) groups excluding carboxylic acids is 1. The van der Waals surface area contributed by atoms with Gasteiger partial charge in [-0.3, -0.25) is 0 Å². The first-order chi connectivity index (χ1) is 11.1. The van der Waals surface area contributed by atoms with Gasteiger partial charge in [0.05, 0.1) is 0 Å². The molecule has 0 aliphatic rings. The Kier molecular flexibility index (Phi) is 4.23. The zero-order valence-corrected chi connectivity index (χ0v) is 13.0. The van der Waals surface area contributed by atoms with Crippen LogP contribution in [-0.2, 0) is 11.3 Å². The Balaban J connectivity index is 1.72. The number of rotatable bonds is 5. The minimum absolute atomic E-state index is 0.289. The molecule has 0 saturated carbocycles. The number of hydrogen-bond donors (Lipinski definition) is 0. The molecule has 0 aliphatic heterocycles. The van der Waals surface area contributed by atoms with Crippen LogP contribution in [-0.4, -0.2) is 20.7 Å². The van der Waals surface area contributed by atoms with Crippen LogP contribution in [0.3, 0.4) is 0 Å². The molecule has 0 saturated heterocycles. The number of hydrogen-bond acceptors (Lipinski definition) is 5. The molecular weight excluding hydrogens is 294 g/mol. The lowest BCUT2D eigenvalue weighted by Gasteiger charge is -2.12. The number of nitrogens with zero attached hydrogens (tertiary/aromatic N) is 3. The maximum absolute atomic E-state index is 12.4. The Labute approximate surface area is 133 Å². The van der Waals surface area contributed by atoms with Gasteiger partial charge < -0.3 is 13.7 Å². The molecule has 1 atom stereocenters. The maximum Gasteiger partial charge on any atom is 0.355 e. The summed E-state index contributed by atoms with van der Waals surface area (Å²) in [6.07, 6.45) is 1.26. The fourth-order valence-electron chi connectivity index (χ4n) is 2.26. The first kappa shape index (κ1) is 15.0. The Morgan fingerprint density at radius 2 is 2.00 bits per heavy atom. The molecule has 118 valence electrons.